The topological polar surface area (TPSA) is 40.5 Å². The summed E-state index contributed by atoms with van der Waals surface area (Å²) >= 11 is 12.5. The molecule has 0 saturated carbocycles. The van der Waals surface area contributed by atoms with E-state index < -0.39 is 0 Å². The molecule has 1 aliphatic heterocycles. The third kappa shape index (κ3) is 2.94. The fourth-order valence-electron chi connectivity index (χ4n) is 3.41. The number of aromatic hydroxyl groups is 1. The van der Waals surface area contributed by atoms with Crippen molar-refractivity contribution >= 4 is 34.8 Å². The molecule has 0 bridgehead atoms. The quantitative estimate of drug-likeness (QED) is 0.621. The molecule has 0 saturated heterocycles. The zero-order valence-corrected chi connectivity index (χ0v) is 15.2. The van der Waals surface area contributed by atoms with Gasteiger partial charge in [-0.3, -0.25) is 4.79 Å². The number of phenols is 1. The lowest BCUT2D eigenvalue weighted by atomic mass is 9.89. The summed E-state index contributed by atoms with van der Waals surface area (Å²) in [6.07, 6.45) is 0.643. The number of benzene rings is 3. The van der Waals surface area contributed by atoms with Crippen LogP contribution in [0.3, 0.4) is 0 Å². The summed E-state index contributed by atoms with van der Waals surface area (Å²) in [6, 6.07) is 19.3. The molecule has 3 aromatic carbocycles. The van der Waals surface area contributed by atoms with Crippen molar-refractivity contribution in [2.24, 2.45) is 0 Å². The number of phenolic OH excluding ortho intramolecular Hbond substituents is 1. The Kier molecular flexibility index (Phi) is 4.35. The molecule has 0 aromatic heterocycles. The average Bonchev–Trinajstić information content (AvgIpc) is 2.63. The van der Waals surface area contributed by atoms with Gasteiger partial charge in [0.1, 0.15) is 5.75 Å². The van der Waals surface area contributed by atoms with Crippen LogP contribution in [-0.4, -0.2) is 11.0 Å². The van der Waals surface area contributed by atoms with Crippen LogP contribution in [0.15, 0.2) is 66.7 Å². The van der Waals surface area contributed by atoms with E-state index >= 15 is 0 Å². The third-order valence-electron chi connectivity index (χ3n) is 4.64. The Morgan fingerprint density at radius 2 is 1.69 bits per heavy atom. The van der Waals surface area contributed by atoms with Gasteiger partial charge in [0, 0.05) is 21.3 Å². The maximum Gasteiger partial charge on any atom is 0.259 e. The molecular formula is C21H15Cl2NO2. The van der Waals surface area contributed by atoms with Crippen molar-refractivity contribution < 1.29 is 9.90 Å². The van der Waals surface area contributed by atoms with E-state index in [-0.39, 0.29) is 17.7 Å². The van der Waals surface area contributed by atoms with Gasteiger partial charge in [0.2, 0.25) is 0 Å². The number of halogens is 2. The van der Waals surface area contributed by atoms with Crippen molar-refractivity contribution in [1.29, 1.82) is 0 Å². The van der Waals surface area contributed by atoms with Crippen LogP contribution in [0.2, 0.25) is 10.0 Å². The molecule has 1 N–H and O–H groups in total. The standard InChI is InChI=1S/C21H15Cl2NO2/c22-14-5-10-18(19(23)12-14)20-11-13-3-1-2-4-17(13)21(26)24(20)15-6-8-16(25)9-7-15/h1-10,12,20,25H,11H2. The van der Waals surface area contributed by atoms with Crippen molar-refractivity contribution in [2.45, 2.75) is 12.5 Å². The summed E-state index contributed by atoms with van der Waals surface area (Å²) in [6.45, 7) is 0. The molecule has 3 aromatic rings. The zero-order valence-electron chi connectivity index (χ0n) is 13.7. The minimum Gasteiger partial charge on any atom is -0.508 e. The summed E-state index contributed by atoms with van der Waals surface area (Å²) < 4.78 is 0. The number of nitrogens with zero attached hydrogens (tertiary/aromatic N) is 1. The highest BCUT2D eigenvalue weighted by molar-refractivity contribution is 6.35. The molecular weight excluding hydrogens is 369 g/mol. The highest BCUT2D eigenvalue weighted by Gasteiger charge is 2.35. The number of hydrogen-bond donors (Lipinski definition) is 1. The minimum atomic E-state index is -0.258. The molecule has 1 amide bonds. The number of hydrogen-bond acceptors (Lipinski definition) is 2. The molecule has 26 heavy (non-hydrogen) atoms. The Morgan fingerprint density at radius 1 is 0.962 bits per heavy atom. The van der Waals surface area contributed by atoms with Crippen LogP contribution >= 0.6 is 23.2 Å². The Balaban J connectivity index is 1.88. The normalized spacial score (nSPS) is 16.5. The van der Waals surface area contributed by atoms with Gasteiger partial charge in [-0.2, -0.15) is 0 Å². The Bertz CT molecular complexity index is 986. The van der Waals surface area contributed by atoms with E-state index in [4.69, 9.17) is 23.2 Å². The largest absolute Gasteiger partial charge is 0.508 e. The molecule has 0 fully saturated rings. The second kappa shape index (κ2) is 6.67. The third-order valence-corrected chi connectivity index (χ3v) is 5.20. The minimum absolute atomic E-state index is 0.0893. The Labute approximate surface area is 161 Å². The number of fused-ring (bicyclic) bond motifs is 1. The van der Waals surface area contributed by atoms with Crippen molar-refractivity contribution in [3.05, 3.63) is 93.5 Å². The van der Waals surface area contributed by atoms with Crippen molar-refractivity contribution in [2.75, 3.05) is 4.90 Å². The van der Waals surface area contributed by atoms with Gasteiger partial charge in [-0.1, -0.05) is 47.5 Å². The second-order valence-electron chi connectivity index (χ2n) is 6.23. The molecule has 1 unspecified atom stereocenters. The highest BCUT2D eigenvalue weighted by Crippen LogP contribution is 2.40. The predicted octanol–water partition coefficient (Wildman–Crippen LogP) is 5.64. The summed E-state index contributed by atoms with van der Waals surface area (Å²) in [4.78, 5) is 15.0. The Hall–Kier alpha value is -2.49. The number of carbonyl (C=O) groups is 1. The van der Waals surface area contributed by atoms with Crippen molar-refractivity contribution in [3.63, 3.8) is 0 Å². The second-order valence-corrected chi connectivity index (χ2v) is 7.08. The molecule has 0 spiro atoms. The maximum absolute atomic E-state index is 13.3. The number of rotatable bonds is 2. The first-order valence-corrected chi connectivity index (χ1v) is 8.95. The number of carbonyl (C=O) groups excluding carboxylic acids is 1. The van der Waals surface area contributed by atoms with Crippen LogP contribution in [0, 0.1) is 0 Å². The van der Waals surface area contributed by atoms with E-state index in [2.05, 4.69) is 0 Å². The van der Waals surface area contributed by atoms with Gasteiger partial charge < -0.3 is 10.0 Å². The maximum atomic E-state index is 13.3. The zero-order chi connectivity index (χ0) is 18.3. The van der Waals surface area contributed by atoms with E-state index in [0.717, 1.165) is 11.1 Å². The van der Waals surface area contributed by atoms with Gasteiger partial charge in [-0.05, 0) is 60.0 Å². The molecule has 0 radical (unpaired) electrons. The number of anilines is 1. The molecule has 1 heterocycles. The van der Waals surface area contributed by atoms with E-state index in [0.29, 0.717) is 27.7 Å². The van der Waals surface area contributed by atoms with Crippen molar-refractivity contribution in [3.8, 4) is 5.75 Å². The molecule has 4 rings (SSSR count). The highest BCUT2D eigenvalue weighted by atomic mass is 35.5. The smallest absolute Gasteiger partial charge is 0.259 e. The SMILES string of the molecule is O=C1c2ccccc2CC(c2ccc(Cl)cc2Cl)N1c1ccc(O)cc1. The van der Waals surface area contributed by atoms with Gasteiger partial charge in [-0.25, -0.2) is 0 Å². The summed E-state index contributed by atoms with van der Waals surface area (Å²) in [5.74, 6) is 0.0632. The molecule has 1 atom stereocenters. The Morgan fingerprint density at radius 3 is 2.42 bits per heavy atom. The summed E-state index contributed by atoms with van der Waals surface area (Å²) in [5, 5.41) is 10.7. The lowest BCUT2D eigenvalue weighted by Crippen LogP contribution is -2.40. The van der Waals surface area contributed by atoms with Crippen molar-refractivity contribution in [1.82, 2.24) is 0 Å². The molecule has 3 nitrogen and oxygen atoms in total. The van der Waals surface area contributed by atoms with Crippen LogP contribution in [-0.2, 0) is 6.42 Å². The van der Waals surface area contributed by atoms with E-state index in [1.54, 1.807) is 41.3 Å². The first-order valence-electron chi connectivity index (χ1n) is 8.20. The molecule has 130 valence electrons. The van der Waals surface area contributed by atoms with Gasteiger partial charge in [0.15, 0.2) is 0 Å². The lowest BCUT2D eigenvalue weighted by Gasteiger charge is -2.37. The van der Waals surface area contributed by atoms with E-state index in [1.807, 2.05) is 30.3 Å². The first-order chi connectivity index (χ1) is 12.5. The van der Waals surface area contributed by atoms with Crippen LogP contribution < -0.4 is 4.90 Å². The fourth-order valence-corrected chi connectivity index (χ4v) is 3.94. The number of amides is 1. The van der Waals surface area contributed by atoms with Crippen LogP contribution in [0.4, 0.5) is 5.69 Å². The van der Waals surface area contributed by atoms with Crippen LogP contribution in [0.5, 0.6) is 5.75 Å². The summed E-state index contributed by atoms with van der Waals surface area (Å²) in [7, 11) is 0. The molecule has 5 heteroatoms. The van der Waals surface area contributed by atoms with Gasteiger partial charge >= 0.3 is 0 Å². The van der Waals surface area contributed by atoms with Gasteiger partial charge in [0.05, 0.1) is 6.04 Å². The van der Waals surface area contributed by atoms with Crippen LogP contribution in [0.25, 0.3) is 0 Å². The summed E-state index contributed by atoms with van der Waals surface area (Å²) in [5.41, 5.74) is 3.22. The molecule has 1 aliphatic rings. The monoisotopic (exact) mass is 383 g/mol. The fraction of sp³-hybridized carbons (Fsp3) is 0.0952. The molecule has 0 aliphatic carbocycles. The van der Waals surface area contributed by atoms with Gasteiger partial charge in [-0.15, -0.1) is 0 Å². The van der Waals surface area contributed by atoms with Crippen LogP contribution in [0.1, 0.15) is 27.5 Å². The first kappa shape index (κ1) is 17.0. The average molecular weight is 384 g/mol. The van der Waals surface area contributed by atoms with E-state index in [1.165, 1.54) is 0 Å². The lowest BCUT2D eigenvalue weighted by molar-refractivity contribution is 0.0967. The van der Waals surface area contributed by atoms with E-state index in [9.17, 15) is 9.90 Å². The van der Waals surface area contributed by atoms with Gasteiger partial charge in [0.25, 0.3) is 5.91 Å². The predicted molar refractivity (Wildman–Crippen MR) is 104 cm³/mol.